The molecule has 0 aromatic heterocycles. The number of rotatable bonds is 4. The van der Waals surface area contributed by atoms with Crippen LogP contribution in [0.2, 0.25) is 0 Å². The van der Waals surface area contributed by atoms with Gasteiger partial charge in [0.25, 0.3) is 0 Å². The van der Waals surface area contributed by atoms with Gasteiger partial charge >= 0.3 is 6.09 Å². The Morgan fingerprint density at radius 3 is 2.67 bits per heavy atom. The minimum atomic E-state index is -0.207. The molecule has 0 saturated carbocycles. The third kappa shape index (κ3) is 2.55. The Hall–Kier alpha value is -1.77. The molecule has 1 aliphatic rings. The Morgan fingerprint density at radius 2 is 2.11 bits per heavy atom. The predicted molar refractivity (Wildman–Crippen MR) is 72.1 cm³/mol. The lowest BCUT2D eigenvalue weighted by molar-refractivity contribution is 0.155. The van der Waals surface area contributed by atoms with E-state index in [2.05, 4.69) is 20.4 Å². The Kier molecular flexibility index (Phi) is 3.70. The molecule has 1 atom stereocenters. The second kappa shape index (κ2) is 5.25. The highest BCUT2D eigenvalue weighted by atomic mass is 16.6. The maximum absolute atomic E-state index is 11.7. The van der Waals surface area contributed by atoms with Crippen LogP contribution in [0.5, 0.6) is 0 Å². The lowest BCUT2D eigenvalue weighted by Crippen LogP contribution is -2.36. The quantitative estimate of drug-likeness (QED) is 0.814. The van der Waals surface area contributed by atoms with Crippen molar-refractivity contribution < 1.29 is 9.53 Å². The largest absolute Gasteiger partial charge is 0.447 e. The van der Waals surface area contributed by atoms with Gasteiger partial charge in [0.15, 0.2) is 0 Å². The molecule has 1 amide bonds. The van der Waals surface area contributed by atoms with E-state index in [1.807, 2.05) is 35.2 Å². The van der Waals surface area contributed by atoms with E-state index >= 15 is 0 Å². The maximum atomic E-state index is 11.7. The van der Waals surface area contributed by atoms with Crippen LogP contribution in [0, 0.1) is 5.92 Å². The van der Waals surface area contributed by atoms with Crippen LogP contribution in [-0.2, 0) is 11.3 Å². The summed E-state index contributed by atoms with van der Waals surface area (Å²) in [6.45, 7) is 9.06. The maximum Gasteiger partial charge on any atom is 0.410 e. The molecule has 3 nitrogen and oxygen atoms in total. The zero-order chi connectivity index (χ0) is 13.1. The highest BCUT2D eigenvalue weighted by molar-refractivity contribution is 5.70. The molecule has 1 fully saturated rings. The molecule has 1 heterocycles. The molecule has 0 bridgehead atoms. The van der Waals surface area contributed by atoms with Gasteiger partial charge in [0, 0.05) is 6.54 Å². The van der Waals surface area contributed by atoms with Gasteiger partial charge in [-0.15, -0.1) is 0 Å². The molecule has 2 rings (SSSR count). The first-order valence-electron chi connectivity index (χ1n) is 6.26. The number of hydrogen-bond acceptors (Lipinski definition) is 2. The fourth-order valence-corrected chi connectivity index (χ4v) is 2.15. The molecular formula is C15H19NO2. The van der Waals surface area contributed by atoms with Crippen LogP contribution in [0.15, 0.2) is 30.8 Å². The molecule has 1 aromatic rings. The zero-order valence-corrected chi connectivity index (χ0v) is 10.9. The first kappa shape index (κ1) is 12.7. The van der Waals surface area contributed by atoms with Crippen molar-refractivity contribution in [1.82, 2.24) is 4.90 Å². The van der Waals surface area contributed by atoms with E-state index in [0.717, 1.165) is 11.1 Å². The Morgan fingerprint density at radius 1 is 1.44 bits per heavy atom. The molecular weight excluding hydrogens is 226 g/mol. The number of carbonyl (C=O) groups is 1. The van der Waals surface area contributed by atoms with Crippen molar-refractivity contribution in [2.24, 2.45) is 5.92 Å². The number of carbonyl (C=O) groups excluding carboxylic acids is 1. The highest BCUT2D eigenvalue weighted by Gasteiger charge is 2.34. The van der Waals surface area contributed by atoms with Gasteiger partial charge in [-0.05, 0) is 17.0 Å². The molecule has 96 valence electrons. The molecule has 0 spiro atoms. The van der Waals surface area contributed by atoms with E-state index in [1.54, 1.807) is 0 Å². The summed E-state index contributed by atoms with van der Waals surface area (Å²) in [5.41, 5.74) is 2.20. The van der Waals surface area contributed by atoms with E-state index < -0.39 is 0 Å². The van der Waals surface area contributed by atoms with Crippen LogP contribution in [-0.4, -0.2) is 23.6 Å². The van der Waals surface area contributed by atoms with Crippen molar-refractivity contribution >= 4 is 12.2 Å². The van der Waals surface area contributed by atoms with Crippen LogP contribution in [0.1, 0.15) is 25.0 Å². The minimum absolute atomic E-state index is 0.177. The molecule has 0 aliphatic carbocycles. The van der Waals surface area contributed by atoms with Crippen molar-refractivity contribution in [2.75, 3.05) is 6.61 Å². The summed E-state index contributed by atoms with van der Waals surface area (Å²) < 4.78 is 5.13. The van der Waals surface area contributed by atoms with E-state index in [4.69, 9.17) is 4.74 Å². The lowest BCUT2D eigenvalue weighted by atomic mass is 10.0. The average Bonchev–Trinajstić information content (AvgIpc) is 2.72. The van der Waals surface area contributed by atoms with Gasteiger partial charge in [-0.1, -0.05) is 50.8 Å². The number of nitrogens with zero attached hydrogens (tertiary/aromatic N) is 1. The first-order chi connectivity index (χ1) is 8.61. The van der Waals surface area contributed by atoms with Gasteiger partial charge in [-0.3, -0.25) is 4.90 Å². The Labute approximate surface area is 108 Å². The zero-order valence-electron chi connectivity index (χ0n) is 10.9. The second-order valence-electron chi connectivity index (χ2n) is 4.96. The number of hydrogen-bond donors (Lipinski definition) is 0. The van der Waals surface area contributed by atoms with Crippen molar-refractivity contribution in [3.8, 4) is 0 Å². The van der Waals surface area contributed by atoms with E-state index in [1.165, 1.54) is 0 Å². The van der Waals surface area contributed by atoms with Crippen LogP contribution >= 0.6 is 0 Å². The fourth-order valence-electron chi connectivity index (χ4n) is 2.15. The van der Waals surface area contributed by atoms with Gasteiger partial charge in [-0.2, -0.15) is 0 Å². The number of cyclic esters (lactones) is 1. The SMILES string of the molecule is C=Cc1ccc(CN2C(=O)OC[C@@H]2C(C)C)cc1. The molecule has 0 N–H and O–H groups in total. The second-order valence-corrected chi connectivity index (χ2v) is 4.96. The minimum Gasteiger partial charge on any atom is -0.447 e. The summed E-state index contributed by atoms with van der Waals surface area (Å²) in [7, 11) is 0. The normalized spacial score (nSPS) is 19.2. The van der Waals surface area contributed by atoms with E-state index in [0.29, 0.717) is 19.1 Å². The number of amides is 1. The molecule has 0 radical (unpaired) electrons. The summed E-state index contributed by atoms with van der Waals surface area (Å²) in [6.07, 6.45) is 1.60. The van der Waals surface area contributed by atoms with E-state index in [9.17, 15) is 4.79 Å². The topological polar surface area (TPSA) is 29.5 Å². The summed E-state index contributed by atoms with van der Waals surface area (Å²) in [5.74, 6) is 0.406. The summed E-state index contributed by atoms with van der Waals surface area (Å²) in [4.78, 5) is 13.5. The van der Waals surface area contributed by atoms with Crippen molar-refractivity contribution in [3.05, 3.63) is 42.0 Å². The van der Waals surface area contributed by atoms with Crippen molar-refractivity contribution in [3.63, 3.8) is 0 Å². The summed E-state index contributed by atoms with van der Waals surface area (Å²) in [5, 5.41) is 0. The number of benzene rings is 1. The third-order valence-electron chi connectivity index (χ3n) is 3.35. The molecule has 1 aromatic carbocycles. The predicted octanol–water partition coefficient (Wildman–Crippen LogP) is 3.31. The van der Waals surface area contributed by atoms with Gasteiger partial charge in [0.1, 0.15) is 6.61 Å². The summed E-state index contributed by atoms with van der Waals surface area (Å²) in [6, 6.07) is 8.25. The average molecular weight is 245 g/mol. The van der Waals surface area contributed by atoms with Gasteiger partial charge in [-0.25, -0.2) is 4.79 Å². The highest BCUT2D eigenvalue weighted by Crippen LogP contribution is 2.22. The first-order valence-corrected chi connectivity index (χ1v) is 6.26. The van der Waals surface area contributed by atoms with Crippen molar-refractivity contribution in [2.45, 2.75) is 26.4 Å². The smallest absolute Gasteiger partial charge is 0.410 e. The molecule has 1 saturated heterocycles. The van der Waals surface area contributed by atoms with Crippen LogP contribution in [0.3, 0.4) is 0 Å². The monoisotopic (exact) mass is 245 g/mol. The fraction of sp³-hybridized carbons (Fsp3) is 0.400. The standard InChI is InChI=1S/C15H19NO2/c1-4-12-5-7-13(8-6-12)9-16-14(11(2)3)10-18-15(16)17/h4-8,11,14H,1,9-10H2,2-3H3/t14-/m1/s1. The lowest BCUT2D eigenvalue weighted by Gasteiger charge is -2.24. The van der Waals surface area contributed by atoms with Crippen LogP contribution in [0.4, 0.5) is 4.79 Å². The summed E-state index contributed by atoms with van der Waals surface area (Å²) >= 11 is 0. The molecule has 0 unspecified atom stereocenters. The van der Waals surface area contributed by atoms with Gasteiger partial charge in [0.05, 0.1) is 6.04 Å². The van der Waals surface area contributed by atoms with Crippen molar-refractivity contribution in [1.29, 1.82) is 0 Å². The Balaban J connectivity index is 2.10. The van der Waals surface area contributed by atoms with Gasteiger partial charge in [0.2, 0.25) is 0 Å². The molecule has 3 heteroatoms. The van der Waals surface area contributed by atoms with Gasteiger partial charge < -0.3 is 4.74 Å². The Bertz CT molecular complexity index is 436. The molecule has 18 heavy (non-hydrogen) atoms. The van der Waals surface area contributed by atoms with Crippen LogP contribution < -0.4 is 0 Å². The molecule has 1 aliphatic heterocycles. The number of ether oxygens (including phenoxy) is 1. The van der Waals surface area contributed by atoms with Crippen LogP contribution in [0.25, 0.3) is 6.08 Å². The van der Waals surface area contributed by atoms with E-state index in [-0.39, 0.29) is 12.1 Å². The third-order valence-corrected chi connectivity index (χ3v) is 3.35.